The lowest BCUT2D eigenvalue weighted by atomic mass is 10.1. The van der Waals surface area contributed by atoms with Crippen LogP contribution in [0.2, 0.25) is 0 Å². The number of nitrogens with one attached hydrogen (secondary N) is 1. The number of hydrogen-bond acceptors (Lipinski definition) is 5. The van der Waals surface area contributed by atoms with Crippen molar-refractivity contribution in [3.63, 3.8) is 0 Å². The van der Waals surface area contributed by atoms with Gasteiger partial charge in [0.25, 0.3) is 5.91 Å². The number of para-hydroxylation sites is 1. The number of methoxy groups -OCH3 is 1. The van der Waals surface area contributed by atoms with Crippen LogP contribution in [0.15, 0.2) is 72.8 Å². The fourth-order valence-corrected chi connectivity index (χ4v) is 4.22. The monoisotopic (exact) mass is 468 g/mol. The first-order valence-corrected chi connectivity index (χ1v) is 12.4. The largest absolute Gasteiger partial charge is 0.496 e. The van der Waals surface area contributed by atoms with Gasteiger partial charge in [-0.2, -0.15) is 0 Å². The molecular weight excluding hydrogens is 440 g/mol. The highest BCUT2D eigenvalue weighted by molar-refractivity contribution is 7.92. The maximum absolute atomic E-state index is 12.5. The lowest BCUT2D eigenvalue weighted by Gasteiger charge is -2.23. The quantitative estimate of drug-likeness (QED) is 0.486. The molecule has 0 radical (unpaired) electrons. The van der Waals surface area contributed by atoms with Crippen LogP contribution in [0.4, 0.5) is 5.69 Å². The van der Waals surface area contributed by atoms with Crippen LogP contribution in [-0.4, -0.2) is 34.3 Å². The van der Waals surface area contributed by atoms with E-state index in [1.807, 2.05) is 31.2 Å². The molecule has 174 valence electrons. The van der Waals surface area contributed by atoms with Crippen molar-refractivity contribution in [2.45, 2.75) is 20.0 Å². The minimum absolute atomic E-state index is 0.149. The molecule has 0 aliphatic heterocycles. The Kier molecular flexibility index (Phi) is 7.95. The number of rotatable bonds is 10. The predicted molar refractivity (Wildman–Crippen MR) is 129 cm³/mol. The summed E-state index contributed by atoms with van der Waals surface area (Å²) in [7, 11) is -1.92. The summed E-state index contributed by atoms with van der Waals surface area (Å²) in [6, 6.07) is 21.3. The zero-order valence-electron chi connectivity index (χ0n) is 18.9. The number of ether oxygens (including phenoxy) is 2. The molecule has 33 heavy (non-hydrogen) atoms. The van der Waals surface area contributed by atoms with Crippen LogP contribution in [0.3, 0.4) is 0 Å². The Morgan fingerprint density at radius 1 is 0.970 bits per heavy atom. The van der Waals surface area contributed by atoms with Crippen molar-refractivity contribution in [1.82, 2.24) is 5.32 Å². The van der Waals surface area contributed by atoms with Crippen LogP contribution in [0.1, 0.15) is 28.4 Å². The van der Waals surface area contributed by atoms with Crippen molar-refractivity contribution in [2.75, 3.05) is 24.3 Å². The second-order valence-electron chi connectivity index (χ2n) is 7.39. The van der Waals surface area contributed by atoms with Crippen LogP contribution >= 0.6 is 0 Å². The first kappa shape index (κ1) is 24.1. The molecule has 3 aromatic carbocycles. The second-order valence-corrected chi connectivity index (χ2v) is 9.29. The number of amides is 1. The summed E-state index contributed by atoms with van der Waals surface area (Å²) in [5, 5.41) is 2.88. The highest BCUT2D eigenvalue weighted by Gasteiger charge is 2.18. The summed E-state index contributed by atoms with van der Waals surface area (Å²) in [6.45, 7) is 2.91. The van der Waals surface area contributed by atoms with Crippen LogP contribution < -0.4 is 19.1 Å². The topological polar surface area (TPSA) is 84.9 Å². The average Bonchev–Trinajstić information content (AvgIpc) is 2.81. The van der Waals surface area contributed by atoms with E-state index in [-0.39, 0.29) is 12.5 Å². The Balaban J connectivity index is 1.69. The van der Waals surface area contributed by atoms with Crippen LogP contribution in [0.5, 0.6) is 11.5 Å². The van der Waals surface area contributed by atoms with Gasteiger partial charge in [-0.05, 0) is 55.0 Å². The molecule has 1 amide bonds. The minimum atomic E-state index is -3.51. The minimum Gasteiger partial charge on any atom is -0.496 e. The van der Waals surface area contributed by atoms with Gasteiger partial charge in [-0.1, -0.05) is 30.3 Å². The third-order valence-corrected chi connectivity index (χ3v) is 6.15. The van der Waals surface area contributed by atoms with Gasteiger partial charge < -0.3 is 14.8 Å². The molecule has 0 heterocycles. The molecule has 3 rings (SSSR count). The second kappa shape index (κ2) is 10.9. The number of carbonyl (C=O) groups is 1. The summed E-state index contributed by atoms with van der Waals surface area (Å²) in [5.74, 6) is 1.17. The number of benzene rings is 3. The van der Waals surface area contributed by atoms with Crippen molar-refractivity contribution in [3.8, 4) is 11.5 Å². The van der Waals surface area contributed by atoms with Gasteiger partial charge in [0.1, 0.15) is 11.5 Å². The number of nitrogens with zero attached hydrogens (tertiary/aromatic N) is 1. The van der Waals surface area contributed by atoms with Crippen LogP contribution in [-0.2, 0) is 23.1 Å². The SMILES string of the molecule is CCOc1ccc(N(Cc2ccc(C(=O)NCc3ccccc3OC)cc2)S(C)(=O)=O)cc1. The molecule has 0 aliphatic carbocycles. The van der Waals surface area contributed by atoms with Gasteiger partial charge in [-0.25, -0.2) is 8.42 Å². The summed E-state index contributed by atoms with van der Waals surface area (Å²) < 4.78 is 36.9. The molecule has 0 saturated heterocycles. The lowest BCUT2D eigenvalue weighted by Crippen LogP contribution is -2.29. The maximum Gasteiger partial charge on any atom is 0.251 e. The Labute approximate surface area is 195 Å². The fraction of sp³-hybridized carbons (Fsp3) is 0.240. The number of sulfonamides is 1. The van der Waals surface area contributed by atoms with E-state index in [0.717, 1.165) is 11.1 Å². The third kappa shape index (κ3) is 6.49. The number of carbonyl (C=O) groups excluding carboxylic acids is 1. The van der Waals surface area contributed by atoms with E-state index in [2.05, 4.69) is 5.32 Å². The maximum atomic E-state index is 12.5. The standard InChI is InChI=1S/C25H28N2O5S/c1-4-32-23-15-13-22(14-16-23)27(33(3,29)30)18-19-9-11-20(12-10-19)25(28)26-17-21-7-5-6-8-24(21)31-2/h5-16H,4,17-18H2,1-3H3,(H,26,28). The van der Waals surface area contributed by atoms with E-state index in [9.17, 15) is 13.2 Å². The predicted octanol–water partition coefficient (Wildman–Crippen LogP) is 3.99. The molecule has 8 heteroatoms. The molecule has 7 nitrogen and oxygen atoms in total. The van der Waals surface area contributed by atoms with Crippen molar-refractivity contribution in [2.24, 2.45) is 0 Å². The average molecular weight is 469 g/mol. The lowest BCUT2D eigenvalue weighted by molar-refractivity contribution is 0.0950. The molecule has 0 fully saturated rings. The van der Waals surface area contributed by atoms with Gasteiger partial charge in [0.15, 0.2) is 0 Å². The molecule has 0 aliphatic rings. The smallest absolute Gasteiger partial charge is 0.251 e. The fourth-order valence-electron chi connectivity index (χ4n) is 3.33. The molecule has 1 N–H and O–H groups in total. The molecule has 0 aromatic heterocycles. The van der Waals surface area contributed by atoms with Gasteiger partial charge in [0.05, 0.1) is 32.2 Å². The molecule has 3 aromatic rings. The summed E-state index contributed by atoms with van der Waals surface area (Å²) in [5.41, 5.74) is 2.67. The Morgan fingerprint density at radius 3 is 2.24 bits per heavy atom. The summed E-state index contributed by atoms with van der Waals surface area (Å²) >= 11 is 0. The number of anilines is 1. The first-order chi connectivity index (χ1) is 15.8. The number of hydrogen-bond donors (Lipinski definition) is 1. The first-order valence-electron chi connectivity index (χ1n) is 10.5. The van der Waals surface area contributed by atoms with Gasteiger partial charge >= 0.3 is 0 Å². The highest BCUT2D eigenvalue weighted by atomic mass is 32.2. The molecular formula is C25H28N2O5S. The van der Waals surface area contributed by atoms with E-state index < -0.39 is 10.0 Å². The van der Waals surface area contributed by atoms with Crippen molar-refractivity contribution >= 4 is 21.6 Å². The van der Waals surface area contributed by atoms with Crippen molar-refractivity contribution in [1.29, 1.82) is 0 Å². The van der Waals surface area contributed by atoms with Gasteiger partial charge in [0.2, 0.25) is 10.0 Å². The molecule has 0 saturated carbocycles. The van der Waals surface area contributed by atoms with Crippen molar-refractivity contribution in [3.05, 3.63) is 89.5 Å². The zero-order valence-corrected chi connectivity index (χ0v) is 19.8. The highest BCUT2D eigenvalue weighted by Crippen LogP contribution is 2.24. The van der Waals surface area contributed by atoms with E-state index in [4.69, 9.17) is 9.47 Å². The van der Waals surface area contributed by atoms with E-state index >= 15 is 0 Å². The summed E-state index contributed by atoms with van der Waals surface area (Å²) in [6.07, 6.45) is 1.17. The van der Waals surface area contributed by atoms with Crippen molar-refractivity contribution < 1.29 is 22.7 Å². The van der Waals surface area contributed by atoms with Crippen LogP contribution in [0, 0.1) is 0 Å². The van der Waals surface area contributed by atoms with Gasteiger partial charge in [-0.15, -0.1) is 0 Å². The normalized spacial score (nSPS) is 11.0. The van der Waals surface area contributed by atoms with E-state index in [1.165, 1.54) is 10.6 Å². The van der Waals surface area contributed by atoms with E-state index in [1.54, 1.807) is 55.6 Å². The molecule has 0 atom stereocenters. The molecule has 0 unspecified atom stereocenters. The van der Waals surface area contributed by atoms with Crippen LogP contribution in [0.25, 0.3) is 0 Å². The Hall–Kier alpha value is -3.52. The zero-order chi connectivity index (χ0) is 23.8. The van der Waals surface area contributed by atoms with E-state index in [0.29, 0.717) is 35.9 Å². The van der Waals surface area contributed by atoms with Gasteiger partial charge in [0, 0.05) is 17.7 Å². The third-order valence-electron chi connectivity index (χ3n) is 5.01. The Morgan fingerprint density at radius 2 is 1.64 bits per heavy atom. The summed E-state index contributed by atoms with van der Waals surface area (Å²) in [4.78, 5) is 12.5. The molecule has 0 spiro atoms. The molecule has 0 bridgehead atoms. The Bertz CT molecular complexity index is 1180. The van der Waals surface area contributed by atoms with Gasteiger partial charge in [-0.3, -0.25) is 9.10 Å².